The van der Waals surface area contributed by atoms with Crippen LogP contribution in [0, 0.1) is 0 Å². The van der Waals surface area contributed by atoms with Crippen LogP contribution in [0.4, 0.5) is 0 Å². The summed E-state index contributed by atoms with van der Waals surface area (Å²) in [7, 11) is 12.3. The highest BCUT2D eigenvalue weighted by Gasteiger charge is 2.35. The molecule has 2 atom stereocenters. The number of unbranched alkanes of at least 4 members (excludes halogenated alkanes) is 2. The van der Waals surface area contributed by atoms with E-state index in [-0.39, 0.29) is 30.1 Å². The van der Waals surface area contributed by atoms with Crippen molar-refractivity contribution in [3.8, 4) is 0 Å². The minimum absolute atomic E-state index is 0.0243. The summed E-state index contributed by atoms with van der Waals surface area (Å²) in [5.74, 6) is -1.35. The molecule has 0 bridgehead atoms. The van der Waals surface area contributed by atoms with Crippen molar-refractivity contribution in [3.63, 3.8) is 0 Å². The van der Waals surface area contributed by atoms with Crippen LogP contribution in [-0.2, 0) is 28.2 Å². The van der Waals surface area contributed by atoms with Crippen molar-refractivity contribution in [1.82, 2.24) is 0 Å². The van der Waals surface area contributed by atoms with Gasteiger partial charge in [-0.15, -0.1) is 0 Å². The van der Waals surface area contributed by atoms with Gasteiger partial charge in [0.2, 0.25) is 0 Å². The zero-order valence-electron chi connectivity index (χ0n) is 23.9. The molecule has 208 valence electrons. The normalized spacial score (nSPS) is 16.1. The van der Waals surface area contributed by atoms with Gasteiger partial charge < -0.3 is 18.4 Å². The van der Waals surface area contributed by atoms with E-state index in [2.05, 4.69) is 56.1 Å². The summed E-state index contributed by atoms with van der Waals surface area (Å²) in [6.07, 6.45) is 8.47. The Hall–Kier alpha value is -1.20. The fraction of sp³-hybridized carbons (Fsp3) is 0.846. The van der Waals surface area contributed by atoms with Crippen molar-refractivity contribution in [1.29, 1.82) is 0 Å². The van der Waals surface area contributed by atoms with Crippen LogP contribution in [0.15, 0.2) is 12.2 Å². The molecule has 0 heterocycles. The lowest BCUT2D eigenvalue weighted by Gasteiger charge is -2.31. The summed E-state index contributed by atoms with van der Waals surface area (Å²) in [6, 6.07) is 0. The van der Waals surface area contributed by atoms with Crippen molar-refractivity contribution in [2.75, 3.05) is 68.6 Å². The Morgan fingerprint density at radius 1 is 0.667 bits per heavy atom. The van der Waals surface area contributed by atoms with Gasteiger partial charge in [-0.2, -0.15) is 0 Å². The van der Waals surface area contributed by atoms with Crippen molar-refractivity contribution in [2.24, 2.45) is 0 Å². The molecule has 8 nitrogen and oxygen atoms in total. The molecular weight excluding hydrogens is 498 g/mol. The highest BCUT2D eigenvalue weighted by Crippen LogP contribution is 2.35. The maximum Gasteiger partial charge on any atom is 0.331 e. The van der Waals surface area contributed by atoms with Gasteiger partial charge in [0.15, 0.2) is 16.9 Å². The molecule has 0 aromatic carbocycles. The molecule has 0 saturated carbocycles. The Morgan fingerprint density at radius 3 is 1.25 bits per heavy atom. The molecule has 0 aromatic heterocycles. The van der Waals surface area contributed by atoms with Crippen LogP contribution in [0.1, 0.15) is 65.2 Å². The number of rotatable bonds is 20. The van der Waals surface area contributed by atoms with Gasteiger partial charge in [-0.05, 0) is 12.8 Å². The summed E-state index contributed by atoms with van der Waals surface area (Å²) in [5, 5.41) is -1.27. The first-order valence-corrected chi connectivity index (χ1v) is 14.6. The molecule has 0 N–H and O–H groups in total. The van der Waals surface area contributed by atoms with E-state index in [0.29, 0.717) is 25.7 Å². The average Bonchev–Trinajstić information content (AvgIpc) is 2.81. The lowest BCUT2D eigenvalue weighted by atomic mass is 9.97. The van der Waals surface area contributed by atoms with Crippen LogP contribution in [0.5, 0.6) is 0 Å². The average molecular weight is 549 g/mol. The third-order valence-electron chi connectivity index (χ3n) is 6.20. The Bertz CT molecular complexity index is 673. The topological polar surface area (TPSA) is 86.7 Å². The first-order chi connectivity index (χ1) is 16.7. The summed E-state index contributed by atoms with van der Waals surface area (Å²) >= 11 is 0. The number of esters is 2. The largest absolute Gasteiger partial charge is 0.461 e. The minimum atomic E-state index is -0.675. The van der Waals surface area contributed by atoms with Crippen molar-refractivity contribution in [2.45, 2.75) is 75.5 Å². The summed E-state index contributed by atoms with van der Waals surface area (Å²) in [4.78, 5) is 24.6. The fourth-order valence-electron chi connectivity index (χ4n) is 3.52. The predicted molar refractivity (Wildman–Crippen MR) is 146 cm³/mol. The molecule has 0 amide bonds. The van der Waals surface area contributed by atoms with Gasteiger partial charge in [0.05, 0.1) is 65.7 Å². The van der Waals surface area contributed by atoms with Crippen LogP contribution in [0.3, 0.4) is 0 Å². The monoisotopic (exact) mass is 548 g/mol. The lowest BCUT2D eigenvalue weighted by molar-refractivity contribution is -0.870. The molecule has 0 aliphatic carbocycles. The quantitative estimate of drug-likeness (QED) is 0.0893. The molecule has 0 aliphatic heterocycles. The van der Waals surface area contributed by atoms with E-state index in [9.17, 15) is 18.7 Å². The Balaban J connectivity index is 5.08. The van der Waals surface area contributed by atoms with Crippen molar-refractivity contribution >= 4 is 28.9 Å². The molecule has 0 spiro atoms. The van der Waals surface area contributed by atoms with Gasteiger partial charge in [-0.25, -0.2) is 9.59 Å². The highest BCUT2D eigenvalue weighted by atomic mass is 31.1. The van der Waals surface area contributed by atoms with E-state index in [0.717, 1.165) is 59.9 Å². The minimum Gasteiger partial charge on any atom is -0.461 e. The molecule has 0 aromatic rings. The second kappa shape index (κ2) is 16.6. The van der Waals surface area contributed by atoms with E-state index in [1.165, 1.54) is 0 Å². The van der Waals surface area contributed by atoms with Gasteiger partial charge in [-0.3, -0.25) is 9.13 Å². The Labute approximate surface area is 222 Å². The van der Waals surface area contributed by atoms with Gasteiger partial charge in [0.25, 0.3) is 0 Å². The molecule has 0 aliphatic rings. The third kappa shape index (κ3) is 15.8. The third-order valence-corrected chi connectivity index (χ3v) is 8.12. The van der Waals surface area contributed by atoms with E-state index >= 15 is 0 Å². The number of hydrogen-bond donors (Lipinski definition) is 0. The van der Waals surface area contributed by atoms with E-state index < -0.39 is 22.3 Å². The molecule has 10 heteroatoms. The molecule has 0 rings (SSSR count). The summed E-state index contributed by atoms with van der Waals surface area (Å²) in [6.45, 7) is 5.78. The number of quaternary nitrogens is 2. The van der Waals surface area contributed by atoms with Crippen LogP contribution < -0.4 is 0 Å². The maximum absolute atomic E-state index is 12.3. The van der Waals surface area contributed by atoms with Crippen molar-refractivity contribution in [3.05, 3.63) is 12.2 Å². The molecular formula is C26H50N2O6P2+2. The Morgan fingerprint density at radius 2 is 1.00 bits per heavy atom. The molecule has 2 unspecified atom stereocenters. The molecule has 36 heavy (non-hydrogen) atoms. The molecule has 0 fully saturated rings. The van der Waals surface area contributed by atoms with Gasteiger partial charge in [-0.1, -0.05) is 39.5 Å². The van der Waals surface area contributed by atoms with E-state index in [1.807, 2.05) is 0 Å². The summed E-state index contributed by atoms with van der Waals surface area (Å²) in [5.41, 5.74) is 0. The molecule has 0 radical (unpaired) electrons. The smallest absolute Gasteiger partial charge is 0.331 e. The van der Waals surface area contributed by atoms with Crippen LogP contribution in [-0.4, -0.2) is 99.8 Å². The van der Waals surface area contributed by atoms with E-state index in [4.69, 9.17) is 9.47 Å². The van der Waals surface area contributed by atoms with Crippen molar-refractivity contribution < 1.29 is 37.2 Å². The number of carbonyl (C=O) groups is 2. The maximum atomic E-state index is 12.3. The number of ether oxygens (including phenoxy) is 2. The fourth-order valence-corrected chi connectivity index (χ4v) is 4.63. The number of nitrogens with zero attached hydrogens (tertiary/aromatic N) is 2. The van der Waals surface area contributed by atoms with Gasteiger partial charge in [0, 0.05) is 25.0 Å². The van der Waals surface area contributed by atoms with Gasteiger partial charge in [0.1, 0.15) is 13.2 Å². The van der Waals surface area contributed by atoms with E-state index in [1.54, 1.807) is 0 Å². The standard InChI is InChI=1S/C26H50N2O6P2/c1-9-11-15-25(35-31,17-19-27(3,4)5)21-33-23(29)13-14-24(30)34-22-26(36-32,16-12-10-2)18-20-28(6,7)8/h13-14H,9-12,15-22H2,1-8H3/q+2/b14-13+. The van der Waals surface area contributed by atoms with Crippen LogP contribution >= 0.6 is 16.9 Å². The molecule has 0 saturated heterocycles. The van der Waals surface area contributed by atoms with Crippen LogP contribution in [0.2, 0.25) is 0 Å². The predicted octanol–water partition coefficient (Wildman–Crippen LogP) is 5.26. The zero-order chi connectivity index (χ0) is 27.9. The first-order valence-electron chi connectivity index (χ1n) is 13.0. The second-order valence-corrected chi connectivity index (χ2v) is 14.2. The second-order valence-electron chi connectivity index (χ2n) is 11.9. The van der Waals surface area contributed by atoms with Gasteiger partial charge >= 0.3 is 11.9 Å². The number of hydrogen-bond acceptors (Lipinski definition) is 6. The van der Waals surface area contributed by atoms with Crippen LogP contribution in [0.25, 0.3) is 0 Å². The first kappa shape index (κ1) is 34.8. The highest BCUT2D eigenvalue weighted by molar-refractivity contribution is 7.26. The number of carbonyl (C=O) groups excluding carboxylic acids is 2. The lowest BCUT2D eigenvalue weighted by Crippen LogP contribution is -2.41. The Kier molecular flexibility index (Phi) is 16.0. The summed E-state index contributed by atoms with van der Waals surface area (Å²) < 4.78 is 36.5. The zero-order valence-corrected chi connectivity index (χ0v) is 25.7. The SMILES string of the molecule is CCCCC(CC[N+](C)(C)C)(COC(=O)/C=C/C(=O)OCC(CCCC)(CC[N+](C)(C)C)P=O)P=O.